The van der Waals surface area contributed by atoms with Crippen molar-refractivity contribution in [2.75, 3.05) is 7.11 Å². The molecule has 0 saturated carbocycles. The lowest BCUT2D eigenvalue weighted by Crippen LogP contribution is -2.38. The maximum absolute atomic E-state index is 12.8. The van der Waals surface area contributed by atoms with Gasteiger partial charge in [0.25, 0.3) is 0 Å². The van der Waals surface area contributed by atoms with E-state index < -0.39 is 6.04 Å². The Labute approximate surface area is 105 Å². The van der Waals surface area contributed by atoms with Crippen LogP contribution < -0.4 is 0 Å². The van der Waals surface area contributed by atoms with Gasteiger partial charge >= 0.3 is 5.97 Å². The molecule has 1 heterocycles. The number of carbonyl (C=O) groups excluding carboxylic acids is 1. The van der Waals surface area contributed by atoms with Crippen molar-refractivity contribution in [2.24, 2.45) is 0 Å². The summed E-state index contributed by atoms with van der Waals surface area (Å²) in [6, 6.07) is 5.68. The van der Waals surface area contributed by atoms with Gasteiger partial charge in [0.15, 0.2) is 0 Å². The molecule has 1 aromatic carbocycles. The molecule has 1 fully saturated rings. The highest BCUT2D eigenvalue weighted by Crippen LogP contribution is 2.22. The third-order valence-corrected chi connectivity index (χ3v) is 3.12. The first-order valence-corrected chi connectivity index (χ1v) is 5.78. The van der Waals surface area contributed by atoms with E-state index in [0.717, 1.165) is 5.56 Å². The summed E-state index contributed by atoms with van der Waals surface area (Å²) in [7, 11) is 1.35. The molecule has 1 atom stereocenters. The van der Waals surface area contributed by atoms with Gasteiger partial charge in [-0.15, -0.1) is 0 Å². The molecule has 5 heteroatoms. The van der Waals surface area contributed by atoms with Gasteiger partial charge in [0.1, 0.15) is 11.9 Å². The molecule has 1 unspecified atom stereocenters. The SMILES string of the molecule is COC(=O)C1CCC(=N)N1Cc1ccc(F)cc1. The Morgan fingerprint density at radius 1 is 1.50 bits per heavy atom. The molecule has 1 aliphatic heterocycles. The van der Waals surface area contributed by atoms with Crippen LogP contribution in [0.1, 0.15) is 18.4 Å². The fourth-order valence-electron chi connectivity index (χ4n) is 2.13. The second kappa shape index (κ2) is 5.16. The fraction of sp³-hybridized carbons (Fsp3) is 0.385. The Hall–Kier alpha value is -1.91. The molecule has 0 aliphatic carbocycles. The molecule has 0 bridgehead atoms. The zero-order valence-corrected chi connectivity index (χ0v) is 10.1. The predicted molar refractivity (Wildman–Crippen MR) is 64.7 cm³/mol. The van der Waals surface area contributed by atoms with E-state index in [2.05, 4.69) is 0 Å². The number of hydrogen-bond acceptors (Lipinski definition) is 3. The monoisotopic (exact) mass is 250 g/mol. The maximum atomic E-state index is 12.8. The van der Waals surface area contributed by atoms with Crippen molar-refractivity contribution >= 4 is 11.8 Å². The zero-order valence-electron chi connectivity index (χ0n) is 10.1. The quantitative estimate of drug-likeness (QED) is 0.834. The molecule has 1 aromatic rings. The van der Waals surface area contributed by atoms with E-state index in [9.17, 15) is 9.18 Å². The third kappa shape index (κ3) is 2.50. The predicted octanol–water partition coefficient (Wildman–Crippen LogP) is 1.94. The van der Waals surface area contributed by atoms with Crippen molar-refractivity contribution < 1.29 is 13.9 Å². The van der Waals surface area contributed by atoms with Crippen LogP contribution in [0.4, 0.5) is 4.39 Å². The van der Waals surface area contributed by atoms with Crippen LogP contribution in [-0.2, 0) is 16.1 Å². The minimum absolute atomic E-state index is 0.292. The van der Waals surface area contributed by atoms with Gasteiger partial charge in [0, 0.05) is 13.0 Å². The Balaban J connectivity index is 2.12. The molecule has 4 nitrogen and oxygen atoms in total. The average Bonchev–Trinajstić information content (AvgIpc) is 2.73. The Morgan fingerprint density at radius 2 is 2.17 bits per heavy atom. The van der Waals surface area contributed by atoms with Gasteiger partial charge in [-0.05, 0) is 24.1 Å². The van der Waals surface area contributed by atoms with Crippen LogP contribution in [-0.4, -0.2) is 29.9 Å². The molecule has 1 N–H and O–H groups in total. The molecule has 0 aromatic heterocycles. The van der Waals surface area contributed by atoms with Gasteiger partial charge in [0.2, 0.25) is 0 Å². The molecule has 2 rings (SSSR count). The summed E-state index contributed by atoms with van der Waals surface area (Å²) >= 11 is 0. The lowest BCUT2D eigenvalue weighted by atomic mass is 10.2. The number of nitrogens with one attached hydrogen (secondary N) is 1. The molecule has 0 radical (unpaired) electrons. The molecule has 96 valence electrons. The van der Waals surface area contributed by atoms with Crippen molar-refractivity contribution in [3.05, 3.63) is 35.6 Å². The van der Waals surface area contributed by atoms with Crippen LogP contribution >= 0.6 is 0 Å². The average molecular weight is 250 g/mol. The molecule has 1 saturated heterocycles. The van der Waals surface area contributed by atoms with Gasteiger partial charge in [-0.1, -0.05) is 12.1 Å². The third-order valence-electron chi connectivity index (χ3n) is 3.12. The zero-order chi connectivity index (χ0) is 13.1. The van der Waals surface area contributed by atoms with Crippen LogP contribution in [0.2, 0.25) is 0 Å². The second-order valence-corrected chi connectivity index (χ2v) is 4.28. The van der Waals surface area contributed by atoms with Crippen molar-refractivity contribution in [2.45, 2.75) is 25.4 Å². The number of likely N-dealkylation sites (tertiary alicyclic amines) is 1. The minimum atomic E-state index is -0.396. The Kier molecular flexibility index (Phi) is 3.60. The summed E-state index contributed by atoms with van der Waals surface area (Å²) in [6.45, 7) is 0.429. The number of hydrogen-bond donors (Lipinski definition) is 1. The van der Waals surface area contributed by atoms with Gasteiger partial charge in [-0.2, -0.15) is 0 Å². The Bertz CT molecular complexity index is 459. The molecular formula is C13H15FN2O2. The summed E-state index contributed by atoms with van der Waals surface area (Å²) in [4.78, 5) is 13.3. The molecule has 18 heavy (non-hydrogen) atoms. The number of amidine groups is 1. The van der Waals surface area contributed by atoms with E-state index >= 15 is 0 Å². The molecule has 1 aliphatic rings. The van der Waals surface area contributed by atoms with Crippen LogP contribution in [0.5, 0.6) is 0 Å². The number of methoxy groups -OCH3 is 1. The van der Waals surface area contributed by atoms with Crippen LogP contribution in [0.15, 0.2) is 24.3 Å². The normalized spacial score (nSPS) is 19.1. The van der Waals surface area contributed by atoms with Gasteiger partial charge in [0.05, 0.1) is 12.9 Å². The summed E-state index contributed by atoms with van der Waals surface area (Å²) in [5, 5.41) is 7.84. The summed E-state index contributed by atoms with van der Waals surface area (Å²) in [5.74, 6) is -0.186. The van der Waals surface area contributed by atoms with Gasteiger partial charge in [-0.3, -0.25) is 5.41 Å². The number of nitrogens with zero attached hydrogens (tertiary/aromatic N) is 1. The van der Waals surface area contributed by atoms with Crippen LogP contribution in [0.25, 0.3) is 0 Å². The lowest BCUT2D eigenvalue weighted by Gasteiger charge is -2.24. The smallest absolute Gasteiger partial charge is 0.328 e. The molecule has 0 amide bonds. The van der Waals surface area contributed by atoms with E-state index in [1.807, 2.05) is 0 Å². The first-order chi connectivity index (χ1) is 8.61. The number of rotatable bonds is 3. The molecule has 0 spiro atoms. The van der Waals surface area contributed by atoms with Crippen molar-refractivity contribution in [3.63, 3.8) is 0 Å². The first kappa shape index (κ1) is 12.5. The van der Waals surface area contributed by atoms with Crippen LogP contribution in [0, 0.1) is 11.2 Å². The van der Waals surface area contributed by atoms with E-state index in [1.54, 1.807) is 17.0 Å². The maximum Gasteiger partial charge on any atom is 0.328 e. The second-order valence-electron chi connectivity index (χ2n) is 4.28. The van der Waals surface area contributed by atoms with Gasteiger partial charge in [-0.25, -0.2) is 9.18 Å². The van der Waals surface area contributed by atoms with E-state index in [1.165, 1.54) is 19.2 Å². The lowest BCUT2D eigenvalue weighted by molar-refractivity contribution is -0.145. The standard InChI is InChI=1S/C13H15FN2O2/c1-18-13(17)11-6-7-12(15)16(11)8-9-2-4-10(14)5-3-9/h2-5,11,15H,6-8H2,1H3. The summed E-state index contributed by atoms with van der Waals surface area (Å²) in [5.41, 5.74) is 0.872. The number of ether oxygens (including phenoxy) is 1. The fourth-order valence-corrected chi connectivity index (χ4v) is 2.13. The topological polar surface area (TPSA) is 53.4 Å². The number of carbonyl (C=O) groups is 1. The van der Waals surface area contributed by atoms with Crippen LogP contribution in [0.3, 0.4) is 0 Å². The highest BCUT2D eigenvalue weighted by molar-refractivity contribution is 5.89. The molecular weight excluding hydrogens is 235 g/mol. The van der Waals surface area contributed by atoms with E-state index in [4.69, 9.17) is 10.1 Å². The summed E-state index contributed by atoms with van der Waals surface area (Å²) < 4.78 is 17.5. The number of halogens is 1. The van der Waals surface area contributed by atoms with Gasteiger partial charge < -0.3 is 9.64 Å². The van der Waals surface area contributed by atoms with Crippen molar-refractivity contribution in [1.82, 2.24) is 4.90 Å². The first-order valence-electron chi connectivity index (χ1n) is 5.78. The minimum Gasteiger partial charge on any atom is -0.467 e. The number of esters is 1. The van der Waals surface area contributed by atoms with E-state index in [-0.39, 0.29) is 11.8 Å². The summed E-state index contributed by atoms with van der Waals surface area (Å²) in [6.07, 6.45) is 1.17. The van der Waals surface area contributed by atoms with Crippen molar-refractivity contribution in [3.8, 4) is 0 Å². The number of benzene rings is 1. The highest BCUT2D eigenvalue weighted by Gasteiger charge is 2.34. The Morgan fingerprint density at radius 3 is 2.78 bits per heavy atom. The largest absolute Gasteiger partial charge is 0.467 e. The highest BCUT2D eigenvalue weighted by atomic mass is 19.1. The van der Waals surface area contributed by atoms with E-state index in [0.29, 0.717) is 25.2 Å². The van der Waals surface area contributed by atoms with Crippen molar-refractivity contribution in [1.29, 1.82) is 5.41 Å².